The van der Waals surface area contributed by atoms with Crippen molar-refractivity contribution in [3.63, 3.8) is 0 Å². The Bertz CT molecular complexity index is 659. The van der Waals surface area contributed by atoms with Gasteiger partial charge in [-0.2, -0.15) is 0 Å². The zero-order chi connectivity index (χ0) is 16.7. The van der Waals surface area contributed by atoms with Crippen LogP contribution < -0.4 is 5.32 Å². The number of nitrogens with one attached hydrogen (secondary N) is 1. The fourth-order valence-electron chi connectivity index (χ4n) is 2.05. The van der Waals surface area contributed by atoms with Crippen molar-refractivity contribution in [2.24, 2.45) is 0 Å². The Balaban J connectivity index is 1.87. The quantitative estimate of drug-likeness (QED) is 0.891. The van der Waals surface area contributed by atoms with Gasteiger partial charge in [0.15, 0.2) is 0 Å². The maximum absolute atomic E-state index is 12.8. The summed E-state index contributed by atoms with van der Waals surface area (Å²) in [6.45, 7) is 2.18. The van der Waals surface area contributed by atoms with E-state index in [2.05, 4.69) is 10.3 Å². The Morgan fingerprint density at radius 3 is 2.57 bits per heavy atom. The van der Waals surface area contributed by atoms with Crippen molar-refractivity contribution in [3.05, 3.63) is 60.2 Å². The molecule has 0 aliphatic heterocycles. The SMILES string of the molecule is CC(=O)N(CCC(=O)Nc1ccc(F)cc1)Cc1cccnc1. The number of aromatic nitrogens is 1. The number of carbonyl (C=O) groups is 2. The van der Waals surface area contributed by atoms with E-state index < -0.39 is 0 Å². The number of anilines is 1. The summed E-state index contributed by atoms with van der Waals surface area (Å²) in [7, 11) is 0. The Labute approximate surface area is 134 Å². The fraction of sp³-hybridized carbons (Fsp3) is 0.235. The van der Waals surface area contributed by atoms with Gasteiger partial charge in [-0.3, -0.25) is 14.6 Å². The highest BCUT2D eigenvalue weighted by Gasteiger charge is 2.12. The fourth-order valence-corrected chi connectivity index (χ4v) is 2.05. The number of hydrogen-bond donors (Lipinski definition) is 1. The van der Waals surface area contributed by atoms with Crippen LogP contribution >= 0.6 is 0 Å². The number of halogens is 1. The highest BCUT2D eigenvalue weighted by molar-refractivity contribution is 5.91. The van der Waals surface area contributed by atoms with Crippen molar-refractivity contribution in [1.82, 2.24) is 9.88 Å². The van der Waals surface area contributed by atoms with E-state index in [1.54, 1.807) is 23.4 Å². The zero-order valence-corrected chi connectivity index (χ0v) is 12.8. The first-order chi connectivity index (χ1) is 11.0. The third-order valence-electron chi connectivity index (χ3n) is 3.28. The molecule has 0 aliphatic carbocycles. The molecular formula is C17H18FN3O2. The van der Waals surface area contributed by atoms with Crippen molar-refractivity contribution in [1.29, 1.82) is 0 Å². The van der Waals surface area contributed by atoms with E-state index in [4.69, 9.17) is 0 Å². The van der Waals surface area contributed by atoms with Crippen LogP contribution in [0, 0.1) is 5.82 Å². The lowest BCUT2D eigenvalue weighted by atomic mass is 10.2. The molecule has 120 valence electrons. The van der Waals surface area contributed by atoms with Crippen molar-refractivity contribution < 1.29 is 14.0 Å². The van der Waals surface area contributed by atoms with Gasteiger partial charge in [-0.05, 0) is 35.9 Å². The van der Waals surface area contributed by atoms with Gasteiger partial charge in [0.25, 0.3) is 0 Å². The van der Waals surface area contributed by atoms with Crippen LogP contribution in [0.25, 0.3) is 0 Å². The van der Waals surface area contributed by atoms with Crippen LogP contribution in [-0.4, -0.2) is 28.2 Å². The molecule has 6 heteroatoms. The molecule has 1 N–H and O–H groups in total. The maximum atomic E-state index is 12.8. The number of hydrogen-bond acceptors (Lipinski definition) is 3. The second-order valence-corrected chi connectivity index (χ2v) is 5.11. The lowest BCUT2D eigenvalue weighted by molar-refractivity contribution is -0.129. The van der Waals surface area contributed by atoms with Crippen LogP contribution in [0.2, 0.25) is 0 Å². The van der Waals surface area contributed by atoms with Gasteiger partial charge in [0.2, 0.25) is 11.8 Å². The van der Waals surface area contributed by atoms with E-state index in [9.17, 15) is 14.0 Å². The minimum Gasteiger partial charge on any atom is -0.338 e. The van der Waals surface area contributed by atoms with Gasteiger partial charge < -0.3 is 10.2 Å². The molecule has 2 aromatic rings. The van der Waals surface area contributed by atoms with E-state index in [1.807, 2.05) is 6.07 Å². The molecule has 0 radical (unpaired) electrons. The monoisotopic (exact) mass is 315 g/mol. The lowest BCUT2D eigenvalue weighted by Gasteiger charge is -2.20. The molecule has 0 aliphatic rings. The second-order valence-electron chi connectivity index (χ2n) is 5.11. The molecule has 0 saturated carbocycles. The first-order valence-electron chi connectivity index (χ1n) is 7.24. The second kappa shape index (κ2) is 8.03. The molecule has 0 fully saturated rings. The van der Waals surface area contributed by atoms with Crippen LogP contribution in [-0.2, 0) is 16.1 Å². The summed E-state index contributed by atoms with van der Waals surface area (Å²) in [6.07, 6.45) is 3.52. The molecule has 1 aromatic heterocycles. The number of nitrogens with zero attached hydrogens (tertiary/aromatic N) is 2. The summed E-state index contributed by atoms with van der Waals surface area (Å²) in [5.74, 6) is -0.695. The standard InChI is InChI=1S/C17H18FN3O2/c1-13(22)21(12-14-3-2-9-19-11-14)10-8-17(23)20-16-6-4-15(18)5-7-16/h2-7,9,11H,8,10,12H2,1H3,(H,20,23). The van der Waals surface area contributed by atoms with Gasteiger partial charge in [0, 0.05) is 44.5 Å². The summed E-state index contributed by atoms with van der Waals surface area (Å²) in [5.41, 5.74) is 1.43. The predicted octanol–water partition coefficient (Wildman–Crippen LogP) is 2.60. The molecule has 0 atom stereocenters. The Kier molecular flexibility index (Phi) is 5.80. The van der Waals surface area contributed by atoms with E-state index in [0.717, 1.165) is 5.56 Å². The van der Waals surface area contributed by atoms with Gasteiger partial charge in [-0.1, -0.05) is 6.07 Å². The van der Waals surface area contributed by atoms with Crippen LogP contribution in [0.5, 0.6) is 0 Å². The Morgan fingerprint density at radius 1 is 1.22 bits per heavy atom. The van der Waals surface area contributed by atoms with Gasteiger partial charge in [0.05, 0.1) is 0 Å². The highest BCUT2D eigenvalue weighted by atomic mass is 19.1. The number of carbonyl (C=O) groups excluding carboxylic acids is 2. The minimum atomic E-state index is -0.359. The Morgan fingerprint density at radius 2 is 1.96 bits per heavy atom. The zero-order valence-electron chi connectivity index (χ0n) is 12.8. The van der Waals surface area contributed by atoms with Crippen LogP contribution in [0.3, 0.4) is 0 Å². The molecule has 0 spiro atoms. The number of pyridine rings is 1. The van der Waals surface area contributed by atoms with Crippen LogP contribution in [0.4, 0.5) is 10.1 Å². The van der Waals surface area contributed by atoms with Crippen molar-refractivity contribution >= 4 is 17.5 Å². The molecular weight excluding hydrogens is 297 g/mol. The van der Waals surface area contributed by atoms with Crippen molar-refractivity contribution in [2.45, 2.75) is 19.9 Å². The number of amides is 2. The van der Waals surface area contributed by atoms with E-state index >= 15 is 0 Å². The number of benzene rings is 1. The first kappa shape index (κ1) is 16.6. The third kappa shape index (κ3) is 5.50. The maximum Gasteiger partial charge on any atom is 0.226 e. The van der Waals surface area contributed by atoms with Gasteiger partial charge in [-0.15, -0.1) is 0 Å². The van der Waals surface area contributed by atoms with Gasteiger partial charge in [0.1, 0.15) is 5.82 Å². The van der Waals surface area contributed by atoms with Gasteiger partial charge in [-0.25, -0.2) is 4.39 Å². The molecule has 5 nitrogen and oxygen atoms in total. The smallest absolute Gasteiger partial charge is 0.226 e. The molecule has 0 bridgehead atoms. The number of rotatable bonds is 6. The topological polar surface area (TPSA) is 62.3 Å². The summed E-state index contributed by atoms with van der Waals surface area (Å²) >= 11 is 0. The van der Waals surface area contributed by atoms with Crippen molar-refractivity contribution in [3.8, 4) is 0 Å². The van der Waals surface area contributed by atoms with Crippen LogP contribution in [0.1, 0.15) is 18.9 Å². The van der Waals surface area contributed by atoms with Crippen LogP contribution in [0.15, 0.2) is 48.8 Å². The molecule has 1 heterocycles. The molecule has 0 saturated heterocycles. The van der Waals surface area contributed by atoms with Gasteiger partial charge >= 0.3 is 0 Å². The lowest BCUT2D eigenvalue weighted by Crippen LogP contribution is -2.31. The first-order valence-corrected chi connectivity index (χ1v) is 7.24. The largest absolute Gasteiger partial charge is 0.338 e. The van der Waals surface area contributed by atoms with E-state index in [1.165, 1.54) is 31.2 Å². The third-order valence-corrected chi connectivity index (χ3v) is 3.28. The van der Waals surface area contributed by atoms with Crippen molar-refractivity contribution in [2.75, 3.05) is 11.9 Å². The summed E-state index contributed by atoms with van der Waals surface area (Å²) in [5, 5.41) is 2.67. The minimum absolute atomic E-state index is 0.108. The normalized spacial score (nSPS) is 10.2. The molecule has 23 heavy (non-hydrogen) atoms. The average molecular weight is 315 g/mol. The Hall–Kier alpha value is -2.76. The molecule has 2 rings (SSSR count). The predicted molar refractivity (Wildman–Crippen MR) is 85.0 cm³/mol. The molecule has 2 amide bonds. The summed E-state index contributed by atoms with van der Waals surface area (Å²) in [4.78, 5) is 29.2. The summed E-state index contributed by atoms with van der Waals surface area (Å²) < 4.78 is 12.8. The molecule has 1 aromatic carbocycles. The highest BCUT2D eigenvalue weighted by Crippen LogP contribution is 2.09. The molecule has 0 unspecified atom stereocenters. The van der Waals surface area contributed by atoms with E-state index in [-0.39, 0.29) is 24.1 Å². The summed E-state index contributed by atoms with van der Waals surface area (Å²) in [6, 6.07) is 9.22. The average Bonchev–Trinajstić information content (AvgIpc) is 2.54. The van der Waals surface area contributed by atoms with E-state index in [0.29, 0.717) is 18.8 Å².